The van der Waals surface area contributed by atoms with Crippen LogP contribution in [0.4, 0.5) is 0 Å². The molecule has 5 heteroatoms. The molecule has 3 atom stereocenters. The van der Waals surface area contributed by atoms with Crippen LogP contribution in [0, 0.1) is 0 Å². The van der Waals surface area contributed by atoms with Crippen LogP contribution >= 0.6 is 0 Å². The van der Waals surface area contributed by atoms with Gasteiger partial charge in [-0.15, -0.1) is 0 Å². The first-order valence-electron chi connectivity index (χ1n) is 12.3. The van der Waals surface area contributed by atoms with Gasteiger partial charge in [-0.25, -0.2) is 0 Å². The summed E-state index contributed by atoms with van der Waals surface area (Å²) in [6.45, 7) is 6.44. The lowest BCUT2D eigenvalue weighted by atomic mass is 9.99. The Hall–Kier alpha value is -2.70. The van der Waals surface area contributed by atoms with Crippen LogP contribution in [0.3, 0.4) is 0 Å². The van der Waals surface area contributed by atoms with E-state index in [0.717, 1.165) is 68.2 Å². The molecular formula is C29H34N2O3. The predicted octanol–water partition coefficient (Wildman–Crippen LogP) is 5.23. The molecule has 0 bridgehead atoms. The lowest BCUT2D eigenvalue weighted by Gasteiger charge is -2.32. The molecule has 0 N–H and O–H groups in total. The van der Waals surface area contributed by atoms with Crippen LogP contribution in [0.5, 0.6) is 5.75 Å². The Labute approximate surface area is 202 Å². The van der Waals surface area contributed by atoms with E-state index in [4.69, 9.17) is 14.2 Å². The van der Waals surface area contributed by atoms with E-state index in [0.29, 0.717) is 0 Å². The normalized spacial score (nSPS) is 23.7. The van der Waals surface area contributed by atoms with Gasteiger partial charge in [-0.05, 0) is 36.7 Å². The molecule has 2 saturated heterocycles. The molecular weight excluding hydrogens is 424 g/mol. The molecule has 178 valence electrons. The van der Waals surface area contributed by atoms with Gasteiger partial charge in [-0.3, -0.25) is 0 Å². The summed E-state index contributed by atoms with van der Waals surface area (Å²) in [6, 6.07) is 28.8. The summed E-state index contributed by atoms with van der Waals surface area (Å²) in [5.74, 6) is 0.888. The molecule has 0 aromatic heterocycles. The lowest BCUT2D eigenvalue weighted by molar-refractivity contribution is -0.0698. The van der Waals surface area contributed by atoms with E-state index in [9.17, 15) is 0 Å². The van der Waals surface area contributed by atoms with Crippen LogP contribution in [-0.4, -0.2) is 56.2 Å². The van der Waals surface area contributed by atoms with Gasteiger partial charge in [0.15, 0.2) is 6.29 Å². The zero-order valence-corrected chi connectivity index (χ0v) is 19.9. The second-order valence-corrected chi connectivity index (χ2v) is 9.18. The second-order valence-electron chi connectivity index (χ2n) is 9.18. The predicted molar refractivity (Wildman–Crippen MR) is 134 cm³/mol. The van der Waals surface area contributed by atoms with E-state index >= 15 is 0 Å². The molecule has 0 aliphatic carbocycles. The molecule has 0 spiro atoms. The third-order valence-electron chi connectivity index (χ3n) is 6.71. The number of hydrogen-bond donors (Lipinski definition) is 0. The largest absolute Gasteiger partial charge is 0.494 e. The molecule has 3 aromatic carbocycles. The van der Waals surface area contributed by atoms with E-state index in [1.54, 1.807) is 0 Å². The minimum Gasteiger partial charge on any atom is -0.494 e. The van der Waals surface area contributed by atoms with Gasteiger partial charge < -0.3 is 24.0 Å². The average molecular weight is 459 g/mol. The number of hydrogen-bond acceptors (Lipinski definition) is 5. The van der Waals surface area contributed by atoms with E-state index in [1.165, 1.54) is 0 Å². The van der Waals surface area contributed by atoms with Crippen LogP contribution in [0.2, 0.25) is 0 Å². The van der Waals surface area contributed by atoms with Crippen LogP contribution in [-0.2, 0) is 9.47 Å². The maximum Gasteiger partial charge on any atom is 0.185 e. The van der Waals surface area contributed by atoms with Crippen LogP contribution in [0.1, 0.15) is 41.6 Å². The van der Waals surface area contributed by atoms with Gasteiger partial charge in [0, 0.05) is 38.3 Å². The van der Waals surface area contributed by atoms with Crippen LogP contribution in [0.15, 0.2) is 84.9 Å². The van der Waals surface area contributed by atoms with Crippen molar-refractivity contribution >= 4 is 0 Å². The zero-order valence-electron chi connectivity index (χ0n) is 19.9. The molecule has 3 aromatic rings. The number of nitrogens with zero attached hydrogens (tertiary/aromatic N) is 2. The number of likely N-dealkylation sites (N-methyl/N-ethyl adjacent to an activating group) is 1. The van der Waals surface area contributed by atoms with Gasteiger partial charge in [0.2, 0.25) is 0 Å². The smallest absolute Gasteiger partial charge is 0.185 e. The molecule has 34 heavy (non-hydrogen) atoms. The number of rotatable bonds is 8. The Morgan fingerprint density at radius 3 is 1.82 bits per heavy atom. The summed E-state index contributed by atoms with van der Waals surface area (Å²) in [7, 11) is 2.19. The summed E-state index contributed by atoms with van der Waals surface area (Å²) in [6.07, 6.45) is 0.317. The van der Waals surface area contributed by atoms with Crippen LogP contribution in [0.25, 0.3) is 0 Å². The Morgan fingerprint density at radius 1 is 0.706 bits per heavy atom. The van der Waals surface area contributed by atoms with Crippen molar-refractivity contribution < 1.29 is 14.2 Å². The molecule has 0 saturated carbocycles. The zero-order chi connectivity index (χ0) is 23.2. The third-order valence-corrected chi connectivity index (χ3v) is 6.71. The fraction of sp³-hybridized carbons (Fsp3) is 0.379. The summed E-state index contributed by atoms with van der Waals surface area (Å²) in [5, 5.41) is 0. The van der Waals surface area contributed by atoms with Gasteiger partial charge in [0.05, 0.1) is 6.61 Å². The summed E-state index contributed by atoms with van der Waals surface area (Å²) in [4.78, 5) is 4.91. The Bertz CT molecular complexity index is 957. The molecule has 2 aliphatic rings. The minimum absolute atomic E-state index is 0.154. The lowest BCUT2D eigenvalue weighted by Crippen LogP contribution is -2.44. The maximum absolute atomic E-state index is 6.44. The van der Waals surface area contributed by atoms with Crippen molar-refractivity contribution in [1.29, 1.82) is 0 Å². The van der Waals surface area contributed by atoms with Crippen molar-refractivity contribution in [2.24, 2.45) is 0 Å². The van der Waals surface area contributed by atoms with Gasteiger partial charge in [-0.2, -0.15) is 0 Å². The Kier molecular flexibility index (Phi) is 7.56. The minimum atomic E-state index is -0.415. The van der Waals surface area contributed by atoms with Crippen molar-refractivity contribution in [2.75, 3.05) is 46.4 Å². The average Bonchev–Trinajstić information content (AvgIpc) is 3.35. The van der Waals surface area contributed by atoms with Gasteiger partial charge in [0.1, 0.15) is 18.0 Å². The van der Waals surface area contributed by atoms with E-state index < -0.39 is 6.29 Å². The van der Waals surface area contributed by atoms with Gasteiger partial charge in [0.25, 0.3) is 0 Å². The maximum atomic E-state index is 6.44. The molecule has 5 rings (SSSR count). The fourth-order valence-electron chi connectivity index (χ4n) is 4.66. The van der Waals surface area contributed by atoms with Crippen molar-refractivity contribution in [3.63, 3.8) is 0 Å². The highest BCUT2D eigenvalue weighted by molar-refractivity contribution is 5.30. The number of benzene rings is 3. The SMILES string of the molecule is CN1CCN(CCCOc2ccc(C3O[C@H](c4ccccc4)[C@H](c4ccccc4)O3)cc2)CC1. The molecule has 2 fully saturated rings. The van der Waals surface area contributed by atoms with E-state index in [1.807, 2.05) is 48.5 Å². The third kappa shape index (κ3) is 5.68. The van der Waals surface area contributed by atoms with Crippen LogP contribution < -0.4 is 4.74 Å². The number of ether oxygens (including phenoxy) is 3. The molecule has 2 aliphatic heterocycles. The highest BCUT2D eigenvalue weighted by Gasteiger charge is 2.38. The number of piperazine rings is 1. The topological polar surface area (TPSA) is 34.2 Å². The first kappa shape index (κ1) is 23.1. The van der Waals surface area contributed by atoms with Crippen molar-refractivity contribution in [3.8, 4) is 5.75 Å². The van der Waals surface area contributed by atoms with E-state index in [2.05, 4.69) is 53.2 Å². The first-order valence-corrected chi connectivity index (χ1v) is 12.3. The summed E-state index contributed by atoms with van der Waals surface area (Å²) < 4.78 is 18.9. The summed E-state index contributed by atoms with van der Waals surface area (Å²) >= 11 is 0. The van der Waals surface area contributed by atoms with Crippen molar-refractivity contribution in [1.82, 2.24) is 9.80 Å². The Morgan fingerprint density at radius 2 is 1.26 bits per heavy atom. The highest BCUT2D eigenvalue weighted by Crippen LogP contribution is 2.47. The molecule has 0 amide bonds. The molecule has 2 heterocycles. The molecule has 5 nitrogen and oxygen atoms in total. The van der Waals surface area contributed by atoms with Gasteiger partial charge in [-0.1, -0.05) is 72.8 Å². The summed E-state index contributed by atoms with van der Waals surface area (Å²) in [5.41, 5.74) is 3.25. The molecule has 1 unspecified atom stereocenters. The van der Waals surface area contributed by atoms with E-state index in [-0.39, 0.29) is 12.2 Å². The fourth-order valence-corrected chi connectivity index (χ4v) is 4.66. The Balaban J connectivity index is 1.18. The highest BCUT2D eigenvalue weighted by atomic mass is 16.7. The van der Waals surface area contributed by atoms with Crippen molar-refractivity contribution in [2.45, 2.75) is 24.9 Å². The molecule has 0 radical (unpaired) electrons. The second kappa shape index (κ2) is 11.2. The monoisotopic (exact) mass is 458 g/mol. The van der Waals surface area contributed by atoms with Crippen molar-refractivity contribution in [3.05, 3.63) is 102 Å². The first-order chi connectivity index (χ1) is 16.8. The van der Waals surface area contributed by atoms with Gasteiger partial charge >= 0.3 is 0 Å². The standard InChI is InChI=1S/C29H34N2O3/c1-30-18-20-31(21-19-30)17-8-22-32-26-15-13-25(14-16-26)29-33-27(23-9-4-2-5-10-23)28(34-29)24-11-6-3-7-12-24/h2-7,9-16,27-29H,8,17-22H2,1H3/t27-,28+,29?. The quantitative estimate of drug-likeness (QED) is 0.432.